The van der Waals surface area contributed by atoms with Gasteiger partial charge in [0.1, 0.15) is 0 Å². The van der Waals surface area contributed by atoms with Gasteiger partial charge in [0.2, 0.25) is 10.0 Å². The monoisotopic (exact) mass is 279 g/mol. The van der Waals surface area contributed by atoms with E-state index in [9.17, 15) is 8.42 Å². The number of nitrogens with one attached hydrogen (secondary N) is 1. The highest BCUT2D eigenvalue weighted by Crippen LogP contribution is 2.13. The zero-order chi connectivity index (χ0) is 13.9. The molecule has 1 N–H and O–H groups in total. The first-order valence-electron chi connectivity index (χ1n) is 6.17. The van der Waals surface area contributed by atoms with E-state index in [1.807, 2.05) is 13.1 Å². The van der Waals surface area contributed by atoms with E-state index in [4.69, 9.17) is 5.26 Å². The van der Waals surface area contributed by atoms with E-state index in [0.717, 1.165) is 19.5 Å². The average molecular weight is 279 g/mol. The van der Waals surface area contributed by atoms with Crippen LogP contribution in [0.4, 0.5) is 0 Å². The Morgan fingerprint density at radius 1 is 1.47 bits per heavy atom. The number of rotatable bonds is 4. The molecule has 6 heteroatoms. The summed E-state index contributed by atoms with van der Waals surface area (Å²) in [7, 11) is -1.43. The summed E-state index contributed by atoms with van der Waals surface area (Å²) in [5.74, 6) is -0.142. The maximum absolute atomic E-state index is 12.1. The lowest BCUT2D eigenvalue weighted by Gasteiger charge is -2.13. The van der Waals surface area contributed by atoms with E-state index in [-0.39, 0.29) is 11.8 Å². The highest BCUT2D eigenvalue weighted by Gasteiger charge is 2.24. The van der Waals surface area contributed by atoms with Crippen LogP contribution in [0.3, 0.4) is 0 Å². The van der Waals surface area contributed by atoms with Crippen LogP contribution >= 0.6 is 0 Å². The minimum atomic E-state index is -3.40. The van der Waals surface area contributed by atoms with Crippen LogP contribution in [0, 0.1) is 11.3 Å². The van der Waals surface area contributed by atoms with Crippen molar-refractivity contribution in [3.8, 4) is 6.07 Å². The highest BCUT2D eigenvalue weighted by atomic mass is 32.2. The highest BCUT2D eigenvalue weighted by molar-refractivity contribution is 7.88. The molecule has 19 heavy (non-hydrogen) atoms. The van der Waals surface area contributed by atoms with Crippen molar-refractivity contribution >= 4 is 10.0 Å². The molecule has 0 spiro atoms. The van der Waals surface area contributed by atoms with Crippen LogP contribution in [-0.2, 0) is 15.8 Å². The minimum absolute atomic E-state index is 0.0238. The summed E-state index contributed by atoms with van der Waals surface area (Å²) in [6.07, 6.45) is 0.829. The Kier molecular flexibility index (Phi) is 4.20. The Labute approximate surface area is 113 Å². The smallest absolute Gasteiger partial charge is 0.216 e. The molecule has 0 amide bonds. The van der Waals surface area contributed by atoms with Crippen molar-refractivity contribution in [1.29, 1.82) is 5.26 Å². The second kappa shape index (κ2) is 5.70. The molecule has 0 aliphatic carbocycles. The molecule has 0 saturated carbocycles. The molecule has 1 heterocycles. The van der Waals surface area contributed by atoms with Crippen molar-refractivity contribution in [2.45, 2.75) is 18.2 Å². The van der Waals surface area contributed by atoms with Gasteiger partial charge in [-0.1, -0.05) is 18.2 Å². The van der Waals surface area contributed by atoms with Crippen LogP contribution in [0.1, 0.15) is 17.5 Å². The summed E-state index contributed by atoms with van der Waals surface area (Å²) in [5, 5.41) is 8.96. The van der Waals surface area contributed by atoms with Gasteiger partial charge in [0.05, 0.1) is 17.4 Å². The summed E-state index contributed by atoms with van der Waals surface area (Å²) in [6.45, 7) is 1.64. The van der Waals surface area contributed by atoms with Crippen LogP contribution < -0.4 is 4.72 Å². The Balaban J connectivity index is 2.07. The molecular weight excluding hydrogens is 262 g/mol. The lowest BCUT2D eigenvalue weighted by Crippen LogP contribution is -2.37. The molecule has 1 fully saturated rings. The van der Waals surface area contributed by atoms with Crippen molar-refractivity contribution in [3.63, 3.8) is 0 Å². The topological polar surface area (TPSA) is 73.2 Å². The second-order valence-corrected chi connectivity index (χ2v) is 6.65. The van der Waals surface area contributed by atoms with Gasteiger partial charge in [-0.05, 0) is 31.6 Å². The van der Waals surface area contributed by atoms with E-state index >= 15 is 0 Å². The maximum atomic E-state index is 12.1. The summed E-state index contributed by atoms with van der Waals surface area (Å²) >= 11 is 0. The fourth-order valence-corrected chi connectivity index (χ4v) is 3.73. The van der Waals surface area contributed by atoms with Crippen LogP contribution in [-0.4, -0.2) is 39.5 Å². The van der Waals surface area contributed by atoms with Gasteiger partial charge in [-0.2, -0.15) is 5.26 Å². The van der Waals surface area contributed by atoms with E-state index in [0.29, 0.717) is 11.1 Å². The van der Waals surface area contributed by atoms with Gasteiger partial charge < -0.3 is 4.90 Å². The fraction of sp³-hybridized carbons (Fsp3) is 0.462. The summed E-state index contributed by atoms with van der Waals surface area (Å²) in [6, 6.07) is 8.78. The third kappa shape index (κ3) is 3.77. The number of likely N-dealkylation sites (tertiary alicyclic amines) is 1. The largest absolute Gasteiger partial charge is 0.305 e. The Morgan fingerprint density at radius 2 is 2.21 bits per heavy atom. The third-order valence-corrected chi connectivity index (χ3v) is 4.60. The quantitative estimate of drug-likeness (QED) is 0.879. The first-order chi connectivity index (χ1) is 9.00. The molecule has 1 aliphatic rings. The van der Waals surface area contributed by atoms with E-state index in [2.05, 4.69) is 9.62 Å². The molecule has 1 aromatic rings. The van der Waals surface area contributed by atoms with Crippen LogP contribution in [0.2, 0.25) is 0 Å². The van der Waals surface area contributed by atoms with Gasteiger partial charge in [-0.15, -0.1) is 0 Å². The lowest BCUT2D eigenvalue weighted by atomic mass is 10.1. The van der Waals surface area contributed by atoms with Crippen molar-refractivity contribution in [2.75, 3.05) is 20.1 Å². The molecule has 0 radical (unpaired) electrons. The standard InChI is InChI=1S/C13H17N3O2S/c1-16-7-6-13(9-16)15-19(17,18)10-12-5-3-2-4-11(12)8-14/h2-5,13,15H,6-7,9-10H2,1H3. The van der Waals surface area contributed by atoms with Gasteiger partial charge in [-0.25, -0.2) is 13.1 Å². The molecular formula is C13H17N3O2S. The number of nitriles is 1. The van der Waals surface area contributed by atoms with Crippen molar-refractivity contribution in [3.05, 3.63) is 35.4 Å². The first kappa shape index (κ1) is 14.0. The molecule has 1 aliphatic heterocycles. The van der Waals surface area contributed by atoms with Gasteiger partial charge >= 0.3 is 0 Å². The number of hydrogen-bond donors (Lipinski definition) is 1. The van der Waals surface area contributed by atoms with Crippen LogP contribution in [0.5, 0.6) is 0 Å². The third-order valence-electron chi connectivity index (χ3n) is 3.22. The van der Waals surface area contributed by atoms with Crippen molar-refractivity contribution < 1.29 is 8.42 Å². The van der Waals surface area contributed by atoms with Gasteiger partial charge in [0.25, 0.3) is 0 Å². The van der Waals surface area contributed by atoms with Crippen LogP contribution in [0.15, 0.2) is 24.3 Å². The van der Waals surface area contributed by atoms with Crippen molar-refractivity contribution in [1.82, 2.24) is 9.62 Å². The van der Waals surface area contributed by atoms with Gasteiger partial charge in [0, 0.05) is 12.6 Å². The van der Waals surface area contributed by atoms with Crippen molar-refractivity contribution in [2.24, 2.45) is 0 Å². The molecule has 5 nitrogen and oxygen atoms in total. The number of benzene rings is 1. The minimum Gasteiger partial charge on any atom is -0.305 e. The summed E-state index contributed by atoms with van der Waals surface area (Å²) in [5.41, 5.74) is 0.959. The Hall–Kier alpha value is -1.42. The van der Waals surface area contributed by atoms with Gasteiger partial charge in [-0.3, -0.25) is 0 Å². The molecule has 102 valence electrons. The lowest BCUT2D eigenvalue weighted by molar-refractivity contribution is 0.407. The predicted molar refractivity (Wildman–Crippen MR) is 72.8 cm³/mol. The van der Waals surface area contributed by atoms with E-state index in [1.165, 1.54) is 0 Å². The summed E-state index contributed by atoms with van der Waals surface area (Å²) < 4.78 is 26.9. The maximum Gasteiger partial charge on any atom is 0.216 e. The van der Waals surface area contributed by atoms with E-state index in [1.54, 1.807) is 24.3 Å². The Bertz CT molecular complexity index is 592. The molecule has 1 unspecified atom stereocenters. The fourth-order valence-electron chi connectivity index (χ4n) is 2.29. The first-order valence-corrected chi connectivity index (χ1v) is 7.82. The molecule has 1 atom stereocenters. The second-order valence-electron chi connectivity index (χ2n) is 4.89. The number of hydrogen-bond acceptors (Lipinski definition) is 4. The Morgan fingerprint density at radius 3 is 2.84 bits per heavy atom. The normalized spacial score (nSPS) is 20.3. The number of sulfonamides is 1. The molecule has 1 saturated heterocycles. The molecule has 1 aromatic carbocycles. The summed E-state index contributed by atoms with van der Waals surface area (Å²) in [4.78, 5) is 2.09. The predicted octanol–water partition coefficient (Wildman–Crippen LogP) is 0.682. The number of nitrogens with zero attached hydrogens (tertiary/aromatic N) is 2. The van der Waals surface area contributed by atoms with Crippen LogP contribution in [0.25, 0.3) is 0 Å². The molecule has 0 aromatic heterocycles. The molecule has 0 bridgehead atoms. The number of likely N-dealkylation sites (N-methyl/N-ethyl adjacent to an activating group) is 1. The molecule has 2 rings (SSSR count). The van der Waals surface area contributed by atoms with Gasteiger partial charge in [0.15, 0.2) is 0 Å². The van der Waals surface area contributed by atoms with E-state index < -0.39 is 10.0 Å². The SMILES string of the molecule is CN1CCC(NS(=O)(=O)Cc2ccccc2C#N)C1. The zero-order valence-electron chi connectivity index (χ0n) is 10.8. The average Bonchev–Trinajstić information content (AvgIpc) is 2.74. The zero-order valence-corrected chi connectivity index (χ0v) is 11.7.